The first-order valence-electron chi connectivity index (χ1n) is 9.84. The molecule has 0 fully saturated rings. The summed E-state index contributed by atoms with van der Waals surface area (Å²) in [5.41, 5.74) is 0.595. The number of carbonyl (C=O) groups is 2. The van der Waals surface area contributed by atoms with E-state index in [0.717, 1.165) is 0 Å². The van der Waals surface area contributed by atoms with Gasteiger partial charge in [0.05, 0.1) is 17.0 Å². The van der Waals surface area contributed by atoms with Crippen LogP contribution in [0.5, 0.6) is 11.5 Å². The van der Waals surface area contributed by atoms with Gasteiger partial charge in [0.2, 0.25) is 10.0 Å². The highest BCUT2D eigenvalue weighted by Gasteiger charge is 2.19. The van der Waals surface area contributed by atoms with Gasteiger partial charge in [-0.3, -0.25) is 9.59 Å². The van der Waals surface area contributed by atoms with Crippen molar-refractivity contribution in [2.24, 2.45) is 0 Å². The number of nitrogens with one attached hydrogen (secondary N) is 2. The molecular weight excluding hydrogens is 491 g/mol. The number of methoxy groups -OCH3 is 1. The van der Waals surface area contributed by atoms with Crippen molar-refractivity contribution >= 4 is 44.9 Å². The minimum Gasteiger partial charge on any atom is -0.497 e. The standard InChI is InChI=1S/C22H24Cl2N2O6S/c1-4-14(2)22(28)17-9-10-18(21(24)20(17)23)32-13-19(27)25-11-12-26-33(29,30)16-7-5-15(31-3)6-8-16/h5-10,26H,2,4,11-13H2,1,3H3,(H,25,27). The molecule has 0 bridgehead atoms. The third-order valence-electron chi connectivity index (χ3n) is 4.51. The fourth-order valence-corrected chi connectivity index (χ4v) is 4.08. The molecule has 33 heavy (non-hydrogen) atoms. The van der Waals surface area contributed by atoms with Crippen molar-refractivity contribution in [3.05, 3.63) is 64.2 Å². The zero-order chi connectivity index (χ0) is 24.6. The lowest BCUT2D eigenvalue weighted by Crippen LogP contribution is -2.36. The molecule has 0 radical (unpaired) electrons. The Morgan fingerprint density at radius 1 is 1.03 bits per heavy atom. The van der Waals surface area contributed by atoms with Crippen LogP contribution >= 0.6 is 23.2 Å². The number of carbonyl (C=O) groups excluding carboxylic acids is 2. The van der Waals surface area contributed by atoms with Gasteiger partial charge >= 0.3 is 0 Å². The van der Waals surface area contributed by atoms with Crippen molar-refractivity contribution in [1.29, 1.82) is 0 Å². The molecule has 0 unspecified atom stereocenters. The van der Waals surface area contributed by atoms with Crippen LogP contribution in [0.15, 0.2) is 53.4 Å². The maximum absolute atomic E-state index is 12.3. The smallest absolute Gasteiger partial charge is 0.257 e. The number of hydrogen-bond acceptors (Lipinski definition) is 6. The quantitative estimate of drug-likeness (QED) is 0.254. The largest absolute Gasteiger partial charge is 0.497 e. The molecule has 0 aliphatic rings. The molecule has 2 rings (SSSR count). The zero-order valence-electron chi connectivity index (χ0n) is 18.1. The zero-order valence-corrected chi connectivity index (χ0v) is 20.4. The molecule has 0 aliphatic heterocycles. The second kappa shape index (κ2) is 12.0. The Balaban J connectivity index is 1.84. The molecular formula is C22H24Cl2N2O6S. The summed E-state index contributed by atoms with van der Waals surface area (Å²) in [5, 5.41) is 2.55. The van der Waals surface area contributed by atoms with Crippen molar-refractivity contribution in [1.82, 2.24) is 10.0 Å². The van der Waals surface area contributed by atoms with Gasteiger partial charge in [0.1, 0.15) is 16.5 Å². The molecule has 0 aliphatic carbocycles. The van der Waals surface area contributed by atoms with E-state index in [1.54, 1.807) is 6.92 Å². The monoisotopic (exact) mass is 514 g/mol. The van der Waals surface area contributed by atoms with Gasteiger partial charge in [-0.15, -0.1) is 0 Å². The van der Waals surface area contributed by atoms with E-state index in [-0.39, 0.29) is 51.7 Å². The molecule has 11 heteroatoms. The Hall–Kier alpha value is -2.59. The van der Waals surface area contributed by atoms with Gasteiger partial charge in [-0.05, 0) is 48.4 Å². The number of rotatable bonds is 12. The lowest BCUT2D eigenvalue weighted by Gasteiger charge is -2.12. The molecule has 0 saturated heterocycles. The Bertz CT molecular complexity index is 1130. The van der Waals surface area contributed by atoms with Gasteiger partial charge in [-0.25, -0.2) is 13.1 Å². The maximum Gasteiger partial charge on any atom is 0.257 e. The Kier molecular flexibility index (Phi) is 9.72. The highest BCUT2D eigenvalue weighted by molar-refractivity contribution is 7.89. The van der Waals surface area contributed by atoms with Gasteiger partial charge in [-0.2, -0.15) is 0 Å². The highest BCUT2D eigenvalue weighted by Crippen LogP contribution is 2.35. The summed E-state index contributed by atoms with van der Waals surface area (Å²) >= 11 is 12.3. The summed E-state index contributed by atoms with van der Waals surface area (Å²) in [4.78, 5) is 24.4. The molecule has 2 aromatic rings. The molecule has 0 aromatic heterocycles. The Labute approximate surface area is 202 Å². The van der Waals surface area contributed by atoms with Crippen LogP contribution in [0.2, 0.25) is 10.0 Å². The van der Waals surface area contributed by atoms with E-state index in [1.807, 2.05) is 0 Å². The van der Waals surface area contributed by atoms with Crippen molar-refractivity contribution < 1.29 is 27.5 Å². The number of sulfonamides is 1. The van der Waals surface area contributed by atoms with Crippen LogP contribution in [0.4, 0.5) is 0 Å². The SMILES string of the molecule is C=C(CC)C(=O)c1ccc(OCC(=O)NCCNS(=O)(=O)c2ccc(OC)cc2)c(Cl)c1Cl. The van der Waals surface area contributed by atoms with E-state index in [1.165, 1.54) is 43.5 Å². The van der Waals surface area contributed by atoms with Crippen LogP contribution < -0.4 is 19.5 Å². The predicted octanol–water partition coefficient (Wildman–Crippen LogP) is 3.62. The molecule has 0 spiro atoms. The molecule has 0 saturated carbocycles. The third kappa shape index (κ3) is 7.20. The number of hydrogen-bond donors (Lipinski definition) is 2. The average molecular weight is 515 g/mol. The van der Waals surface area contributed by atoms with E-state index in [4.69, 9.17) is 32.7 Å². The number of allylic oxidation sites excluding steroid dienone is 1. The van der Waals surface area contributed by atoms with E-state index >= 15 is 0 Å². The second-order valence-electron chi connectivity index (χ2n) is 6.74. The van der Waals surface area contributed by atoms with Crippen molar-refractivity contribution in [2.45, 2.75) is 18.2 Å². The number of ether oxygens (including phenoxy) is 2. The van der Waals surface area contributed by atoms with Gasteiger partial charge < -0.3 is 14.8 Å². The van der Waals surface area contributed by atoms with Crippen molar-refractivity contribution in [2.75, 3.05) is 26.8 Å². The summed E-state index contributed by atoms with van der Waals surface area (Å²) in [5.74, 6) is -0.137. The first-order chi connectivity index (χ1) is 15.6. The number of amides is 1. The molecule has 2 N–H and O–H groups in total. The summed E-state index contributed by atoms with van der Waals surface area (Å²) < 4.78 is 37.3. The molecule has 178 valence electrons. The minimum atomic E-state index is -3.72. The highest BCUT2D eigenvalue weighted by atomic mass is 35.5. The van der Waals surface area contributed by atoms with E-state index in [0.29, 0.717) is 17.7 Å². The van der Waals surface area contributed by atoms with Crippen LogP contribution in [-0.4, -0.2) is 46.9 Å². The van der Waals surface area contributed by atoms with Gasteiger partial charge in [0.25, 0.3) is 5.91 Å². The normalized spacial score (nSPS) is 11.0. The van der Waals surface area contributed by atoms with Gasteiger partial charge in [0, 0.05) is 18.7 Å². The van der Waals surface area contributed by atoms with Crippen molar-refractivity contribution in [3.63, 3.8) is 0 Å². The minimum absolute atomic E-state index is 0.00599. The Morgan fingerprint density at radius 3 is 2.30 bits per heavy atom. The topological polar surface area (TPSA) is 111 Å². The van der Waals surface area contributed by atoms with E-state index in [2.05, 4.69) is 16.6 Å². The number of benzene rings is 2. The third-order valence-corrected chi connectivity index (χ3v) is 6.85. The van der Waals surface area contributed by atoms with Gasteiger partial charge in [-0.1, -0.05) is 36.7 Å². The first kappa shape index (κ1) is 26.7. The van der Waals surface area contributed by atoms with Gasteiger partial charge in [0.15, 0.2) is 12.4 Å². The molecule has 0 heterocycles. The fraction of sp³-hybridized carbons (Fsp3) is 0.273. The maximum atomic E-state index is 12.3. The Morgan fingerprint density at radius 2 is 1.70 bits per heavy atom. The van der Waals surface area contributed by atoms with Crippen LogP contribution in [0.25, 0.3) is 0 Å². The summed E-state index contributed by atoms with van der Waals surface area (Å²) in [7, 11) is -2.24. The summed E-state index contributed by atoms with van der Waals surface area (Å²) in [6, 6.07) is 8.80. The summed E-state index contributed by atoms with van der Waals surface area (Å²) in [6.45, 7) is 5.13. The average Bonchev–Trinajstić information content (AvgIpc) is 2.81. The van der Waals surface area contributed by atoms with Crippen molar-refractivity contribution in [3.8, 4) is 11.5 Å². The molecule has 0 atom stereocenters. The molecule has 1 amide bonds. The van der Waals surface area contributed by atoms with Crippen LogP contribution in [-0.2, 0) is 14.8 Å². The number of halogens is 2. The fourth-order valence-electron chi connectivity index (χ4n) is 2.59. The number of ketones is 1. The van der Waals surface area contributed by atoms with E-state index in [9.17, 15) is 18.0 Å². The van der Waals surface area contributed by atoms with E-state index < -0.39 is 15.9 Å². The molecule has 8 nitrogen and oxygen atoms in total. The predicted molar refractivity (Wildman–Crippen MR) is 127 cm³/mol. The molecule has 2 aromatic carbocycles. The summed E-state index contributed by atoms with van der Waals surface area (Å²) in [6.07, 6.45) is 0.474. The van der Waals surface area contributed by atoms with Crippen LogP contribution in [0.1, 0.15) is 23.7 Å². The lowest BCUT2D eigenvalue weighted by atomic mass is 10.0. The second-order valence-corrected chi connectivity index (χ2v) is 9.26. The first-order valence-corrected chi connectivity index (χ1v) is 12.1. The lowest BCUT2D eigenvalue weighted by molar-refractivity contribution is -0.123. The van der Waals surface area contributed by atoms with Crippen LogP contribution in [0, 0.1) is 0 Å². The number of Topliss-reactive ketones (excluding diaryl/α,β-unsaturated/α-hetero) is 1. The van der Waals surface area contributed by atoms with Crippen LogP contribution in [0.3, 0.4) is 0 Å².